The fraction of sp³-hybridized carbons (Fsp3) is 0.385. The van der Waals surface area contributed by atoms with E-state index in [4.69, 9.17) is 10.8 Å². The molecule has 0 aliphatic rings. The van der Waals surface area contributed by atoms with Gasteiger partial charge in [0.1, 0.15) is 11.8 Å². The first-order valence-electron chi connectivity index (χ1n) is 6.08. The summed E-state index contributed by atoms with van der Waals surface area (Å²) in [6.07, 6.45) is 1.64. The normalized spacial score (nSPS) is 11.8. The van der Waals surface area contributed by atoms with Gasteiger partial charge in [-0.3, -0.25) is 4.79 Å². The van der Waals surface area contributed by atoms with Gasteiger partial charge in [-0.15, -0.1) is 0 Å². The third kappa shape index (κ3) is 4.59. The molecule has 1 atom stereocenters. The van der Waals surface area contributed by atoms with Crippen LogP contribution in [0, 0.1) is 0 Å². The minimum Gasteiger partial charge on any atom is -0.507 e. The summed E-state index contributed by atoms with van der Waals surface area (Å²) in [5, 5.41) is 20.9. The quantitative estimate of drug-likeness (QED) is 0.543. The van der Waals surface area contributed by atoms with E-state index in [9.17, 15) is 14.7 Å². The molecule has 0 saturated heterocycles. The Morgan fingerprint density at radius 1 is 1.26 bits per heavy atom. The number of nitrogens with two attached hydrogens (primary N) is 1. The molecule has 1 rings (SSSR count). The van der Waals surface area contributed by atoms with Gasteiger partial charge < -0.3 is 21.3 Å². The molecule has 1 aromatic carbocycles. The molecule has 0 saturated carbocycles. The predicted molar refractivity (Wildman–Crippen MR) is 69.9 cm³/mol. The number of aromatic hydroxyl groups is 1. The highest BCUT2D eigenvalue weighted by Crippen LogP contribution is 2.15. The summed E-state index contributed by atoms with van der Waals surface area (Å²) < 4.78 is 0. The maximum atomic E-state index is 11.9. The first kappa shape index (κ1) is 15.0. The Kier molecular flexibility index (Phi) is 5.81. The second-order valence-electron chi connectivity index (χ2n) is 4.17. The van der Waals surface area contributed by atoms with Gasteiger partial charge in [-0.2, -0.15) is 0 Å². The van der Waals surface area contributed by atoms with Gasteiger partial charge in [0.15, 0.2) is 0 Å². The van der Waals surface area contributed by atoms with E-state index in [1.807, 2.05) is 0 Å². The van der Waals surface area contributed by atoms with Crippen LogP contribution in [0.3, 0.4) is 0 Å². The molecule has 0 radical (unpaired) electrons. The van der Waals surface area contributed by atoms with Gasteiger partial charge >= 0.3 is 5.97 Å². The van der Waals surface area contributed by atoms with Crippen molar-refractivity contribution in [2.75, 3.05) is 6.54 Å². The van der Waals surface area contributed by atoms with Crippen LogP contribution < -0.4 is 11.1 Å². The largest absolute Gasteiger partial charge is 0.507 e. The third-order valence-corrected chi connectivity index (χ3v) is 2.70. The van der Waals surface area contributed by atoms with E-state index >= 15 is 0 Å². The Bertz CT molecular complexity index is 448. The van der Waals surface area contributed by atoms with Crippen LogP contribution >= 0.6 is 0 Å². The lowest BCUT2D eigenvalue weighted by Crippen LogP contribution is -2.40. The maximum Gasteiger partial charge on any atom is 0.326 e. The number of nitrogens with one attached hydrogen (secondary N) is 1. The molecule has 0 spiro atoms. The predicted octanol–water partition coefficient (Wildman–Crippen LogP) is 0.704. The molecule has 0 aromatic heterocycles. The number of para-hydroxylation sites is 1. The van der Waals surface area contributed by atoms with Gasteiger partial charge in [-0.05, 0) is 37.9 Å². The van der Waals surface area contributed by atoms with Crippen LogP contribution in [0.25, 0.3) is 0 Å². The monoisotopic (exact) mass is 266 g/mol. The molecule has 0 fully saturated rings. The van der Waals surface area contributed by atoms with Gasteiger partial charge in [0.2, 0.25) is 0 Å². The molecule has 0 unspecified atom stereocenters. The average molecular weight is 266 g/mol. The first-order chi connectivity index (χ1) is 9.06. The van der Waals surface area contributed by atoms with Crippen molar-refractivity contribution in [3.8, 4) is 5.75 Å². The molecule has 19 heavy (non-hydrogen) atoms. The number of rotatable bonds is 7. The van der Waals surface area contributed by atoms with Crippen molar-refractivity contribution in [2.45, 2.75) is 25.3 Å². The summed E-state index contributed by atoms with van der Waals surface area (Å²) in [5.41, 5.74) is 5.40. The second kappa shape index (κ2) is 7.38. The standard InChI is InChI=1S/C13H18N2O4/c14-8-4-3-6-10(13(18)19)15-12(17)9-5-1-2-7-11(9)16/h1-2,5,7,10,16H,3-4,6,8,14H2,(H,15,17)(H,18,19)/t10-/m0/s1. The number of unbranched alkanes of at least 4 members (excludes halogenated alkanes) is 1. The highest BCUT2D eigenvalue weighted by atomic mass is 16.4. The van der Waals surface area contributed by atoms with Crippen LogP contribution in [0.1, 0.15) is 29.6 Å². The molecular weight excluding hydrogens is 248 g/mol. The molecular formula is C13H18N2O4. The van der Waals surface area contributed by atoms with E-state index in [2.05, 4.69) is 5.32 Å². The molecule has 1 aromatic rings. The number of amides is 1. The average Bonchev–Trinajstić information content (AvgIpc) is 2.38. The molecule has 6 nitrogen and oxygen atoms in total. The van der Waals surface area contributed by atoms with Crippen LogP contribution in [0.4, 0.5) is 0 Å². The number of phenolic OH excluding ortho intramolecular Hbond substituents is 1. The summed E-state index contributed by atoms with van der Waals surface area (Å²) in [4.78, 5) is 22.9. The Hall–Kier alpha value is -2.08. The minimum atomic E-state index is -1.10. The lowest BCUT2D eigenvalue weighted by Gasteiger charge is -2.14. The number of phenols is 1. The smallest absolute Gasteiger partial charge is 0.326 e. The number of aliphatic carboxylic acids is 1. The summed E-state index contributed by atoms with van der Waals surface area (Å²) in [6, 6.07) is 5.02. The Labute approximate surface area is 111 Å². The molecule has 1 amide bonds. The Balaban J connectivity index is 2.66. The second-order valence-corrected chi connectivity index (χ2v) is 4.17. The van der Waals surface area contributed by atoms with Crippen molar-refractivity contribution in [1.29, 1.82) is 0 Å². The fourth-order valence-corrected chi connectivity index (χ4v) is 1.65. The van der Waals surface area contributed by atoms with Crippen LogP contribution in [0.15, 0.2) is 24.3 Å². The molecule has 104 valence electrons. The van der Waals surface area contributed by atoms with E-state index in [-0.39, 0.29) is 11.3 Å². The fourth-order valence-electron chi connectivity index (χ4n) is 1.65. The summed E-state index contributed by atoms with van der Waals surface area (Å²) in [6.45, 7) is 0.486. The van der Waals surface area contributed by atoms with Crippen molar-refractivity contribution in [1.82, 2.24) is 5.32 Å². The van der Waals surface area contributed by atoms with Crippen molar-refractivity contribution in [2.24, 2.45) is 5.73 Å². The summed E-state index contributed by atoms with van der Waals surface area (Å²) in [7, 11) is 0. The van der Waals surface area contributed by atoms with Gasteiger partial charge in [-0.25, -0.2) is 4.79 Å². The highest BCUT2D eigenvalue weighted by Gasteiger charge is 2.21. The summed E-state index contributed by atoms with van der Waals surface area (Å²) in [5.74, 6) is -1.87. The lowest BCUT2D eigenvalue weighted by molar-refractivity contribution is -0.139. The SMILES string of the molecule is NCCCC[C@H](NC(=O)c1ccccc1O)C(=O)O. The number of hydrogen-bond acceptors (Lipinski definition) is 4. The first-order valence-corrected chi connectivity index (χ1v) is 6.08. The molecule has 0 bridgehead atoms. The molecule has 0 aliphatic heterocycles. The lowest BCUT2D eigenvalue weighted by atomic mass is 10.1. The zero-order chi connectivity index (χ0) is 14.3. The van der Waals surface area contributed by atoms with Crippen molar-refractivity contribution >= 4 is 11.9 Å². The van der Waals surface area contributed by atoms with Crippen LogP contribution in [-0.2, 0) is 4.79 Å². The third-order valence-electron chi connectivity index (χ3n) is 2.70. The van der Waals surface area contributed by atoms with Crippen molar-refractivity contribution in [3.05, 3.63) is 29.8 Å². The zero-order valence-electron chi connectivity index (χ0n) is 10.5. The molecule has 6 heteroatoms. The topological polar surface area (TPSA) is 113 Å². The van der Waals surface area contributed by atoms with Crippen LogP contribution in [-0.4, -0.2) is 34.7 Å². The Morgan fingerprint density at radius 3 is 2.53 bits per heavy atom. The number of hydrogen-bond donors (Lipinski definition) is 4. The minimum absolute atomic E-state index is 0.0626. The van der Waals surface area contributed by atoms with Gasteiger partial charge in [0, 0.05) is 0 Å². The molecule has 0 heterocycles. The van der Waals surface area contributed by atoms with Crippen LogP contribution in [0.5, 0.6) is 5.75 Å². The number of carbonyl (C=O) groups is 2. The van der Waals surface area contributed by atoms with E-state index in [1.165, 1.54) is 12.1 Å². The number of carboxylic acid groups (broad SMARTS) is 1. The van der Waals surface area contributed by atoms with E-state index in [0.717, 1.165) is 0 Å². The van der Waals surface area contributed by atoms with Crippen LogP contribution in [0.2, 0.25) is 0 Å². The number of carboxylic acids is 1. The van der Waals surface area contributed by atoms with Gasteiger partial charge in [0.25, 0.3) is 5.91 Å². The molecule has 0 aliphatic carbocycles. The van der Waals surface area contributed by atoms with Crippen molar-refractivity contribution < 1.29 is 19.8 Å². The van der Waals surface area contributed by atoms with Gasteiger partial charge in [-0.1, -0.05) is 12.1 Å². The van der Waals surface area contributed by atoms with E-state index in [1.54, 1.807) is 12.1 Å². The maximum absolute atomic E-state index is 11.9. The van der Waals surface area contributed by atoms with E-state index < -0.39 is 17.9 Å². The zero-order valence-corrected chi connectivity index (χ0v) is 10.5. The highest BCUT2D eigenvalue weighted by molar-refractivity contribution is 5.98. The number of benzene rings is 1. The van der Waals surface area contributed by atoms with E-state index in [0.29, 0.717) is 25.8 Å². The number of carbonyl (C=O) groups excluding carboxylic acids is 1. The summed E-state index contributed by atoms with van der Waals surface area (Å²) >= 11 is 0. The molecule has 5 N–H and O–H groups in total. The van der Waals surface area contributed by atoms with Gasteiger partial charge in [0.05, 0.1) is 5.56 Å². The Morgan fingerprint density at radius 2 is 1.95 bits per heavy atom. The van der Waals surface area contributed by atoms with Crippen molar-refractivity contribution in [3.63, 3.8) is 0 Å².